The number of para-hydroxylation sites is 2. The molecule has 0 atom stereocenters. The third-order valence-electron chi connectivity index (χ3n) is 9.89. The summed E-state index contributed by atoms with van der Waals surface area (Å²) in [6.45, 7) is 0. The van der Waals surface area contributed by atoms with E-state index >= 15 is 0 Å². The highest BCUT2D eigenvalue weighted by molar-refractivity contribution is 6.33. The standard InChI is InChI=1S/C43H25N5/c1-2-12-27(13-3-1)41-44-42(29-22-21-26-11-4-5-14-28(26)25-29)46-43(45-41)48-36-20-10-17-32-30-15-6-8-18-34(30)47-35-19-9-7-16-31(35)33-23-24-37(48)39(38(32)36)40(33)47/h1-25H. The van der Waals surface area contributed by atoms with Crippen molar-refractivity contribution in [1.82, 2.24) is 23.9 Å². The van der Waals surface area contributed by atoms with Crippen LogP contribution in [-0.4, -0.2) is 23.9 Å². The maximum absolute atomic E-state index is 5.25. The zero-order valence-corrected chi connectivity index (χ0v) is 25.7. The van der Waals surface area contributed by atoms with E-state index in [1.54, 1.807) is 0 Å². The van der Waals surface area contributed by atoms with Gasteiger partial charge in [0.1, 0.15) is 0 Å². The summed E-state index contributed by atoms with van der Waals surface area (Å²) >= 11 is 0. The summed E-state index contributed by atoms with van der Waals surface area (Å²) in [5.41, 5.74) is 7.63. The molecular weight excluding hydrogens is 587 g/mol. The molecule has 5 nitrogen and oxygen atoms in total. The first kappa shape index (κ1) is 25.6. The van der Waals surface area contributed by atoms with Gasteiger partial charge < -0.3 is 4.40 Å². The molecule has 0 unspecified atom stereocenters. The predicted molar refractivity (Wildman–Crippen MR) is 197 cm³/mol. The SMILES string of the molecule is c1ccc(-c2nc(-c3ccc4ccccc4c3)nc(-n3c4cccc5c6ccccc6n6c7ccccc7c7ccc3c(c54)c76)n2)cc1. The Kier molecular flexibility index (Phi) is 5.05. The minimum absolute atomic E-state index is 0.597. The molecule has 48 heavy (non-hydrogen) atoms. The largest absolute Gasteiger partial charge is 0.308 e. The molecule has 4 heterocycles. The van der Waals surface area contributed by atoms with E-state index < -0.39 is 0 Å². The topological polar surface area (TPSA) is 48.0 Å². The van der Waals surface area contributed by atoms with Crippen LogP contribution in [0.2, 0.25) is 0 Å². The van der Waals surface area contributed by atoms with Crippen LogP contribution in [0.1, 0.15) is 0 Å². The van der Waals surface area contributed by atoms with E-state index in [0.29, 0.717) is 17.6 Å². The summed E-state index contributed by atoms with van der Waals surface area (Å²) in [7, 11) is 0. The Morgan fingerprint density at radius 3 is 1.81 bits per heavy atom. The van der Waals surface area contributed by atoms with E-state index in [1.807, 2.05) is 18.2 Å². The number of aromatic nitrogens is 5. The molecule has 4 aromatic heterocycles. The lowest BCUT2D eigenvalue weighted by molar-refractivity contribution is 0.954. The molecule has 0 amide bonds. The number of hydrogen-bond acceptors (Lipinski definition) is 3. The normalized spacial score (nSPS) is 12.2. The lowest BCUT2D eigenvalue weighted by Crippen LogP contribution is -2.06. The number of fused-ring (bicyclic) bond motifs is 7. The van der Waals surface area contributed by atoms with Crippen molar-refractivity contribution in [2.75, 3.05) is 0 Å². The van der Waals surface area contributed by atoms with Crippen LogP contribution in [-0.2, 0) is 0 Å². The minimum atomic E-state index is 0.597. The zero-order valence-electron chi connectivity index (χ0n) is 25.7. The van der Waals surface area contributed by atoms with Crippen LogP contribution < -0.4 is 0 Å². The maximum Gasteiger partial charge on any atom is 0.238 e. The highest BCUT2D eigenvalue weighted by Crippen LogP contribution is 2.45. The van der Waals surface area contributed by atoms with Gasteiger partial charge in [-0.2, -0.15) is 9.97 Å². The smallest absolute Gasteiger partial charge is 0.238 e. The van der Waals surface area contributed by atoms with Crippen molar-refractivity contribution in [3.63, 3.8) is 0 Å². The maximum atomic E-state index is 5.25. The molecule has 0 radical (unpaired) electrons. The predicted octanol–water partition coefficient (Wildman–Crippen LogP) is 10.6. The minimum Gasteiger partial charge on any atom is -0.308 e. The molecule has 0 aliphatic carbocycles. The van der Waals surface area contributed by atoms with Crippen molar-refractivity contribution in [3.8, 4) is 28.7 Å². The van der Waals surface area contributed by atoms with Gasteiger partial charge in [-0.05, 0) is 46.5 Å². The van der Waals surface area contributed by atoms with Gasteiger partial charge in [-0.15, -0.1) is 0 Å². The van der Waals surface area contributed by atoms with Crippen LogP contribution in [0.3, 0.4) is 0 Å². The van der Waals surface area contributed by atoms with Crippen molar-refractivity contribution in [2.24, 2.45) is 0 Å². The highest BCUT2D eigenvalue weighted by Gasteiger charge is 2.24. The quantitative estimate of drug-likeness (QED) is 0.200. The van der Waals surface area contributed by atoms with Gasteiger partial charge in [-0.3, -0.25) is 4.57 Å². The first-order valence-electron chi connectivity index (χ1n) is 16.2. The van der Waals surface area contributed by atoms with Crippen LogP contribution in [0.4, 0.5) is 0 Å². The fourth-order valence-corrected chi connectivity index (χ4v) is 7.82. The van der Waals surface area contributed by atoms with E-state index in [1.165, 1.54) is 54.3 Å². The van der Waals surface area contributed by atoms with Gasteiger partial charge in [-0.1, -0.05) is 121 Å². The van der Waals surface area contributed by atoms with Crippen LogP contribution in [0.25, 0.3) is 99.4 Å². The highest BCUT2D eigenvalue weighted by atomic mass is 15.2. The molecule has 0 aliphatic rings. The van der Waals surface area contributed by atoms with Crippen molar-refractivity contribution in [2.45, 2.75) is 0 Å². The summed E-state index contributed by atoms with van der Waals surface area (Å²) in [5.74, 6) is 1.88. The molecule has 0 saturated heterocycles. The van der Waals surface area contributed by atoms with Crippen LogP contribution >= 0.6 is 0 Å². The monoisotopic (exact) mass is 611 g/mol. The Hall–Kier alpha value is -6.59. The van der Waals surface area contributed by atoms with E-state index in [4.69, 9.17) is 15.0 Å². The van der Waals surface area contributed by atoms with E-state index in [9.17, 15) is 0 Å². The van der Waals surface area contributed by atoms with Crippen molar-refractivity contribution in [1.29, 1.82) is 0 Å². The summed E-state index contributed by atoms with van der Waals surface area (Å²) < 4.78 is 4.69. The van der Waals surface area contributed by atoms with E-state index in [0.717, 1.165) is 27.5 Å². The van der Waals surface area contributed by atoms with Gasteiger partial charge in [0, 0.05) is 38.1 Å². The van der Waals surface area contributed by atoms with Crippen molar-refractivity contribution < 1.29 is 0 Å². The molecule has 7 aromatic carbocycles. The molecule has 0 bridgehead atoms. The fraction of sp³-hybridized carbons (Fsp3) is 0. The summed E-state index contributed by atoms with van der Waals surface area (Å²) in [6, 6.07) is 53.6. The third kappa shape index (κ3) is 3.42. The molecule has 11 aromatic rings. The molecular formula is C43H25N5. The first-order valence-corrected chi connectivity index (χ1v) is 16.2. The van der Waals surface area contributed by atoms with Gasteiger partial charge in [0.25, 0.3) is 0 Å². The number of nitrogens with zero attached hydrogens (tertiary/aromatic N) is 5. The summed E-state index contributed by atoms with van der Waals surface area (Å²) in [5, 5.41) is 9.65. The Morgan fingerprint density at radius 1 is 0.375 bits per heavy atom. The number of hydrogen-bond donors (Lipinski definition) is 0. The van der Waals surface area contributed by atoms with Gasteiger partial charge in [0.15, 0.2) is 11.6 Å². The van der Waals surface area contributed by atoms with Gasteiger partial charge >= 0.3 is 0 Å². The van der Waals surface area contributed by atoms with E-state index in [-0.39, 0.29) is 0 Å². The third-order valence-corrected chi connectivity index (χ3v) is 9.89. The Balaban J connectivity index is 1.31. The lowest BCUT2D eigenvalue weighted by Gasteiger charge is -2.11. The van der Waals surface area contributed by atoms with Gasteiger partial charge in [0.05, 0.1) is 27.6 Å². The number of rotatable bonds is 3. The Morgan fingerprint density at radius 2 is 1.00 bits per heavy atom. The van der Waals surface area contributed by atoms with Crippen molar-refractivity contribution >= 4 is 70.7 Å². The average molecular weight is 612 g/mol. The zero-order chi connectivity index (χ0) is 31.3. The molecule has 5 heteroatoms. The summed E-state index contributed by atoms with van der Waals surface area (Å²) in [4.78, 5) is 15.5. The number of benzene rings is 7. The van der Waals surface area contributed by atoms with Crippen molar-refractivity contribution in [3.05, 3.63) is 152 Å². The molecule has 0 N–H and O–H groups in total. The average Bonchev–Trinajstić information content (AvgIpc) is 3.63. The molecule has 0 saturated carbocycles. The van der Waals surface area contributed by atoms with Crippen LogP contribution in [0.5, 0.6) is 0 Å². The van der Waals surface area contributed by atoms with Gasteiger partial charge in [-0.25, -0.2) is 4.98 Å². The van der Waals surface area contributed by atoms with Gasteiger partial charge in [0.2, 0.25) is 5.95 Å². The van der Waals surface area contributed by atoms with Crippen LogP contribution in [0.15, 0.2) is 152 Å². The van der Waals surface area contributed by atoms with Crippen LogP contribution in [0, 0.1) is 0 Å². The second-order valence-electron chi connectivity index (χ2n) is 12.5. The molecule has 0 aliphatic heterocycles. The Bertz CT molecular complexity index is 3060. The molecule has 0 fully saturated rings. The molecule has 11 rings (SSSR count). The summed E-state index contributed by atoms with van der Waals surface area (Å²) in [6.07, 6.45) is 0. The molecule has 222 valence electrons. The first-order chi connectivity index (χ1) is 23.8. The molecule has 0 spiro atoms. The Labute approximate surface area is 274 Å². The second kappa shape index (κ2) is 9.47. The fourth-order valence-electron chi connectivity index (χ4n) is 7.82. The van der Waals surface area contributed by atoms with E-state index in [2.05, 4.69) is 142 Å². The second-order valence-corrected chi connectivity index (χ2v) is 12.5. The lowest BCUT2D eigenvalue weighted by atomic mass is 10.0.